The molecule has 3 N–H and O–H groups in total. The summed E-state index contributed by atoms with van der Waals surface area (Å²) in [4.78, 5) is 7.60. The maximum Gasteiger partial charge on any atom is 0.286 e. The van der Waals surface area contributed by atoms with Gasteiger partial charge in [0.05, 0.1) is 0 Å². The zero-order valence-corrected chi connectivity index (χ0v) is 5.47. The molecule has 0 radical (unpaired) electrons. The van der Waals surface area contributed by atoms with Crippen LogP contribution in [0.4, 0.5) is 0 Å². The van der Waals surface area contributed by atoms with Crippen molar-refractivity contribution in [3.8, 4) is 0 Å². The standard InChI is InChI=1S/C4H5N7/c5-4(7-2-9-11-4)3-6-1-8-10-3/h1-2H,5H2,(H,6,8,10). The van der Waals surface area contributed by atoms with Gasteiger partial charge in [-0.25, -0.2) is 9.98 Å². The van der Waals surface area contributed by atoms with Crippen LogP contribution in [0, 0.1) is 0 Å². The largest absolute Gasteiger partial charge is 0.286 e. The van der Waals surface area contributed by atoms with Crippen LogP contribution >= 0.6 is 0 Å². The Hall–Kier alpha value is -1.63. The molecule has 0 saturated heterocycles. The first-order valence-electron chi connectivity index (χ1n) is 2.92. The summed E-state index contributed by atoms with van der Waals surface area (Å²) in [5.74, 6) is -0.894. The van der Waals surface area contributed by atoms with Gasteiger partial charge >= 0.3 is 0 Å². The van der Waals surface area contributed by atoms with Gasteiger partial charge in [-0.05, 0) is 0 Å². The molecule has 56 valence electrons. The molecule has 1 aromatic heterocycles. The number of aromatic amines is 1. The highest BCUT2D eigenvalue weighted by Crippen LogP contribution is 2.19. The zero-order chi connectivity index (χ0) is 7.73. The fourth-order valence-electron chi connectivity index (χ4n) is 0.742. The first kappa shape index (κ1) is 6.10. The maximum absolute atomic E-state index is 5.62. The van der Waals surface area contributed by atoms with Crippen molar-refractivity contribution < 1.29 is 0 Å². The van der Waals surface area contributed by atoms with Crippen LogP contribution in [-0.4, -0.2) is 21.5 Å². The Labute approximate surface area is 61.5 Å². The van der Waals surface area contributed by atoms with Crippen LogP contribution in [0.25, 0.3) is 0 Å². The van der Waals surface area contributed by atoms with E-state index in [1.165, 1.54) is 12.7 Å². The lowest BCUT2D eigenvalue weighted by molar-refractivity contribution is 0.462. The van der Waals surface area contributed by atoms with E-state index in [-0.39, 0.29) is 0 Å². The molecule has 7 nitrogen and oxygen atoms in total. The van der Waals surface area contributed by atoms with Gasteiger partial charge in [-0.15, -0.1) is 10.2 Å². The highest BCUT2D eigenvalue weighted by Gasteiger charge is 2.32. The van der Waals surface area contributed by atoms with Gasteiger partial charge in [0, 0.05) is 0 Å². The molecule has 2 heterocycles. The molecule has 1 atom stereocenters. The lowest BCUT2D eigenvalue weighted by Gasteiger charge is -2.08. The lowest BCUT2D eigenvalue weighted by atomic mass is 10.4. The predicted molar refractivity (Wildman–Crippen MR) is 35.6 cm³/mol. The van der Waals surface area contributed by atoms with E-state index >= 15 is 0 Å². The lowest BCUT2D eigenvalue weighted by Crippen LogP contribution is -2.31. The Balaban J connectivity index is 2.43. The van der Waals surface area contributed by atoms with Crippen LogP contribution in [0.2, 0.25) is 0 Å². The molecule has 7 heteroatoms. The Morgan fingerprint density at radius 3 is 3.00 bits per heavy atom. The first-order chi connectivity index (χ1) is 5.31. The Kier molecular flexibility index (Phi) is 1.07. The number of aromatic nitrogens is 3. The molecule has 1 aromatic rings. The zero-order valence-electron chi connectivity index (χ0n) is 5.47. The Bertz CT molecular complexity index is 284. The predicted octanol–water partition coefficient (Wildman–Crippen LogP) is -0.632. The highest BCUT2D eigenvalue weighted by molar-refractivity contribution is 5.57. The third kappa shape index (κ3) is 0.819. The number of rotatable bonds is 1. The number of aliphatic imine (C=N–C) groups is 1. The Morgan fingerprint density at radius 2 is 2.45 bits per heavy atom. The molecular weight excluding hydrogens is 146 g/mol. The number of hydrogen-bond donors (Lipinski definition) is 2. The van der Waals surface area contributed by atoms with E-state index in [0.717, 1.165) is 0 Å². The molecule has 0 amide bonds. The number of nitrogens with one attached hydrogen (secondary N) is 1. The van der Waals surface area contributed by atoms with Crippen LogP contribution in [0.1, 0.15) is 5.82 Å². The monoisotopic (exact) mass is 151 g/mol. The van der Waals surface area contributed by atoms with E-state index in [4.69, 9.17) is 5.73 Å². The van der Waals surface area contributed by atoms with Crippen molar-refractivity contribution in [2.75, 3.05) is 0 Å². The molecule has 0 bridgehead atoms. The van der Waals surface area contributed by atoms with Gasteiger partial charge in [0.15, 0.2) is 0 Å². The quantitative estimate of drug-likeness (QED) is 0.558. The fraction of sp³-hybridized carbons (Fsp3) is 0.250. The van der Waals surface area contributed by atoms with Crippen molar-refractivity contribution in [1.29, 1.82) is 0 Å². The van der Waals surface area contributed by atoms with Crippen LogP contribution < -0.4 is 5.73 Å². The van der Waals surface area contributed by atoms with E-state index in [0.29, 0.717) is 5.82 Å². The fourth-order valence-corrected chi connectivity index (χ4v) is 0.742. The third-order valence-electron chi connectivity index (χ3n) is 1.26. The van der Waals surface area contributed by atoms with Gasteiger partial charge in [0.1, 0.15) is 12.7 Å². The van der Waals surface area contributed by atoms with Gasteiger partial charge in [-0.2, -0.15) is 5.10 Å². The van der Waals surface area contributed by atoms with Crippen LogP contribution in [0.15, 0.2) is 21.5 Å². The van der Waals surface area contributed by atoms with Gasteiger partial charge in [0.2, 0.25) is 5.82 Å². The van der Waals surface area contributed by atoms with Crippen molar-refractivity contribution >= 4 is 6.34 Å². The van der Waals surface area contributed by atoms with Gasteiger partial charge in [-0.1, -0.05) is 0 Å². The summed E-state index contributed by atoms with van der Waals surface area (Å²) >= 11 is 0. The Morgan fingerprint density at radius 1 is 1.55 bits per heavy atom. The van der Waals surface area contributed by atoms with Gasteiger partial charge < -0.3 is 0 Å². The normalized spacial score (nSPS) is 28.1. The van der Waals surface area contributed by atoms with Crippen molar-refractivity contribution in [1.82, 2.24) is 15.2 Å². The molecule has 11 heavy (non-hydrogen) atoms. The molecule has 0 spiro atoms. The third-order valence-corrected chi connectivity index (χ3v) is 1.26. The van der Waals surface area contributed by atoms with Crippen molar-refractivity contribution in [2.45, 2.75) is 5.79 Å². The highest BCUT2D eigenvalue weighted by atomic mass is 15.4. The van der Waals surface area contributed by atoms with E-state index in [2.05, 4.69) is 30.4 Å². The van der Waals surface area contributed by atoms with Gasteiger partial charge in [-0.3, -0.25) is 10.8 Å². The summed E-state index contributed by atoms with van der Waals surface area (Å²) in [7, 11) is 0. The molecule has 0 aromatic carbocycles. The van der Waals surface area contributed by atoms with Crippen LogP contribution in [0.3, 0.4) is 0 Å². The van der Waals surface area contributed by atoms with Crippen molar-refractivity contribution in [3.63, 3.8) is 0 Å². The summed E-state index contributed by atoms with van der Waals surface area (Å²) in [6.45, 7) is 0. The summed E-state index contributed by atoms with van der Waals surface area (Å²) < 4.78 is 0. The summed E-state index contributed by atoms with van der Waals surface area (Å²) in [6.07, 6.45) is 2.68. The number of hydrogen-bond acceptors (Lipinski definition) is 6. The van der Waals surface area contributed by atoms with E-state index in [9.17, 15) is 0 Å². The molecule has 2 rings (SSSR count). The van der Waals surface area contributed by atoms with Crippen molar-refractivity contribution in [2.24, 2.45) is 21.0 Å². The second-order valence-corrected chi connectivity index (χ2v) is 2.01. The molecule has 0 fully saturated rings. The smallest absolute Gasteiger partial charge is 0.280 e. The first-order valence-corrected chi connectivity index (χ1v) is 2.92. The minimum atomic E-state index is -1.21. The second-order valence-electron chi connectivity index (χ2n) is 2.01. The molecule has 0 saturated carbocycles. The summed E-state index contributed by atoms with van der Waals surface area (Å²) in [5, 5.41) is 13.4. The minimum absolute atomic E-state index is 0.315. The van der Waals surface area contributed by atoms with E-state index in [1.807, 2.05) is 0 Å². The number of nitrogens with zero attached hydrogens (tertiary/aromatic N) is 5. The topological polar surface area (TPSA) is 105 Å². The summed E-state index contributed by atoms with van der Waals surface area (Å²) in [6, 6.07) is 0. The molecular formula is C4H5N7. The summed E-state index contributed by atoms with van der Waals surface area (Å²) in [5.41, 5.74) is 5.62. The maximum atomic E-state index is 5.62. The van der Waals surface area contributed by atoms with Gasteiger partial charge in [0.25, 0.3) is 5.79 Å². The molecule has 0 aliphatic carbocycles. The van der Waals surface area contributed by atoms with Crippen LogP contribution in [0.5, 0.6) is 0 Å². The number of azo groups is 1. The average molecular weight is 151 g/mol. The van der Waals surface area contributed by atoms with E-state index < -0.39 is 5.79 Å². The average Bonchev–Trinajstić information content (AvgIpc) is 2.55. The minimum Gasteiger partial charge on any atom is -0.280 e. The SMILES string of the molecule is NC1(c2nc[nH]n2)N=CN=N1. The van der Waals surface area contributed by atoms with Crippen molar-refractivity contribution in [3.05, 3.63) is 12.2 Å². The number of H-pyrrole nitrogens is 1. The molecule has 1 aliphatic rings. The van der Waals surface area contributed by atoms with E-state index in [1.54, 1.807) is 0 Å². The number of nitrogens with two attached hydrogens (primary N) is 1. The van der Waals surface area contributed by atoms with Crippen LogP contribution in [-0.2, 0) is 5.79 Å². The molecule has 1 unspecified atom stereocenters. The molecule has 1 aliphatic heterocycles. The second kappa shape index (κ2) is 1.92.